The van der Waals surface area contributed by atoms with E-state index in [1.165, 1.54) is 5.56 Å². The first-order valence-electron chi connectivity index (χ1n) is 6.30. The van der Waals surface area contributed by atoms with Crippen molar-refractivity contribution < 1.29 is 14.6 Å². The fourth-order valence-corrected chi connectivity index (χ4v) is 2.02. The second-order valence-corrected chi connectivity index (χ2v) is 4.69. The largest absolute Gasteiger partial charge is 0.493 e. The lowest BCUT2D eigenvalue weighted by Gasteiger charge is -2.15. The molecule has 4 nitrogen and oxygen atoms in total. The summed E-state index contributed by atoms with van der Waals surface area (Å²) in [6.07, 6.45) is 0.692. The van der Waals surface area contributed by atoms with E-state index in [9.17, 15) is 9.90 Å². The van der Waals surface area contributed by atoms with Gasteiger partial charge in [0, 0.05) is 13.1 Å². The van der Waals surface area contributed by atoms with Crippen LogP contribution in [0.15, 0.2) is 24.3 Å². The number of aryl methyl sites for hydroxylation is 1. The number of amides is 1. The van der Waals surface area contributed by atoms with Crippen LogP contribution >= 0.6 is 0 Å². The van der Waals surface area contributed by atoms with Gasteiger partial charge >= 0.3 is 0 Å². The number of ether oxygens (including phenoxy) is 1. The topological polar surface area (TPSA) is 49.8 Å². The Morgan fingerprint density at radius 1 is 1.44 bits per heavy atom. The van der Waals surface area contributed by atoms with Gasteiger partial charge in [0.25, 0.3) is 0 Å². The molecule has 1 amide bonds. The minimum absolute atomic E-state index is 0.0543. The van der Waals surface area contributed by atoms with Crippen molar-refractivity contribution in [2.75, 3.05) is 19.7 Å². The van der Waals surface area contributed by atoms with E-state index in [4.69, 9.17) is 4.74 Å². The molecule has 1 saturated heterocycles. The molecule has 1 aliphatic heterocycles. The van der Waals surface area contributed by atoms with Crippen LogP contribution in [0.5, 0.6) is 5.75 Å². The zero-order chi connectivity index (χ0) is 13.0. The van der Waals surface area contributed by atoms with Crippen molar-refractivity contribution in [2.24, 2.45) is 0 Å². The molecular formula is C14H19NO3. The summed E-state index contributed by atoms with van der Waals surface area (Å²) in [4.78, 5) is 13.5. The normalized spacial score (nSPS) is 19.0. The number of aliphatic hydroxyl groups excluding tert-OH is 1. The van der Waals surface area contributed by atoms with Crippen LogP contribution in [0.3, 0.4) is 0 Å². The van der Waals surface area contributed by atoms with Crippen LogP contribution in [0.25, 0.3) is 0 Å². The van der Waals surface area contributed by atoms with Crippen molar-refractivity contribution in [3.63, 3.8) is 0 Å². The van der Waals surface area contributed by atoms with Crippen LogP contribution in [0, 0.1) is 6.92 Å². The molecule has 0 bridgehead atoms. The Hall–Kier alpha value is -1.55. The third-order valence-corrected chi connectivity index (χ3v) is 3.12. The summed E-state index contributed by atoms with van der Waals surface area (Å²) in [7, 11) is 0. The molecule has 4 heteroatoms. The Labute approximate surface area is 107 Å². The number of carbonyl (C=O) groups is 1. The summed E-state index contributed by atoms with van der Waals surface area (Å²) < 4.78 is 5.51. The maximum Gasteiger partial charge on any atom is 0.226 e. The molecule has 0 radical (unpaired) electrons. The van der Waals surface area contributed by atoms with E-state index in [2.05, 4.69) is 0 Å². The fourth-order valence-electron chi connectivity index (χ4n) is 2.02. The molecule has 1 atom stereocenters. The van der Waals surface area contributed by atoms with Crippen LogP contribution in [-0.4, -0.2) is 41.7 Å². The predicted molar refractivity (Wildman–Crippen MR) is 68.5 cm³/mol. The molecule has 2 rings (SSSR count). The summed E-state index contributed by atoms with van der Waals surface area (Å²) in [6.45, 7) is 3.52. The maximum absolute atomic E-state index is 11.8. The van der Waals surface area contributed by atoms with E-state index in [-0.39, 0.29) is 12.0 Å². The number of rotatable bonds is 4. The highest BCUT2D eigenvalue weighted by atomic mass is 16.5. The average Bonchev–Trinajstić information content (AvgIpc) is 2.78. The Morgan fingerprint density at radius 3 is 2.78 bits per heavy atom. The number of aliphatic hydroxyl groups is 1. The van der Waals surface area contributed by atoms with Crippen molar-refractivity contribution in [3.05, 3.63) is 29.8 Å². The second-order valence-electron chi connectivity index (χ2n) is 4.69. The number of β-amino-alcohol motifs (C(OH)–C–C–N with tert-alkyl or cyclic N) is 1. The molecule has 1 fully saturated rings. The van der Waals surface area contributed by atoms with Crippen molar-refractivity contribution in [1.82, 2.24) is 4.90 Å². The number of hydrogen-bond donors (Lipinski definition) is 1. The fraction of sp³-hybridized carbons (Fsp3) is 0.500. The summed E-state index contributed by atoms with van der Waals surface area (Å²) >= 11 is 0. The molecule has 0 aliphatic carbocycles. The van der Waals surface area contributed by atoms with Crippen molar-refractivity contribution in [1.29, 1.82) is 0 Å². The van der Waals surface area contributed by atoms with Gasteiger partial charge in [-0.05, 0) is 25.5 Å². The first kappa shape index (κ1) is 12.9. The predicted octanol–water partition coefficient (Wildman–Crippen LogP) is 1.36. The Kier molecular flexibility index (Phi) is 4.20. The maximum atomic E-state index is 11.8. The second kappa shape index (κ2) is 5.87. The van der Waals surface area contributed by atoms with Crippen LogP contribution in [0.1, 0.15) is 18.4 Å². The van der Waals surface area contributed by atoms with Gasteiger partial charge in [-0.15, -0.1) is 0 Å². The first-order chi connectivity index (χ1) is 8.65. The van der Waals surface area contributed by atoms with Crippen molar-refractivity contribution in [3.8, 4) is 5.75 Å². The van der Waals surface area contributed by atoms with E-state index < -0.39 is 0 Å². The van der Waals surface area contributed by atoms with Gasteiger partial charge in [0.1, 0.15) is 5.75 Å². The molecule has 1 aliphatic rings. The number of nitrogens with zero attached hydrogens (tertiary/aromatic N) is 1. The zero-order valence-corrected chi connectivity index (χ0v) is 10.6. The van der Waals surface area contributed by atoms with E-state index in [0.717, 1.165) is 5.75 Å². The summed E-state index contributed by atoms with van der Waals surface area (Å²) in [5.74, 6) is 0.841. The van der Waals surface area contributed by atoms with Gasteiger partial charge in [-0.25, -0.2) is 0 Å². The van der Waals surface area contributed by atoms with Crippen molar-refractivity contribution in [2.45, 2.75) is 25.9 Å². The number of carbonyl (C=O) groups excluding carboxylic acids is 1. The number of hydrogen-bond acceptors (Lipinski definition) is 3. The number of benzene rings is 1. The lowest BCUT2D eigenvalue weighted by molar-refractivity contribution is -0.131. The third kappa shape index (κ3) is 3.47. The van der Waals surface area contributed by atoms with E-state index in [1.54, 1.807) is 4.90 Å². The lowest BCUT2D eigenvalue weighted by Crippen LogP contribution is -2.30. The van der Waals surface area contributed by atoms with Crippen LogP contribution < -0.4 is 4.74 Å². The quantitative estimate of drug-likeness (QED) is 0.876. The average molecular weight is 249 g/mol. The van der Waals surface area contributed by atoms with Gasteiger partial charge in [0.05, 0.1) is 19.1 Å². The van der Waals surface area contributed by atoms with Crippen molar-refractivity contribution >= 4 is 5.91 Å². The molecule has 1 heterocycles. The van der Waals surface area contributed by atoms with Crippen LogP contribution in [0.4, 0.5) is 0 Å². The standard InChI is InChI=1S/C14H19NO3/c1-11-2-4-13(5-3-11)18-9-7-14(17)15-8-6-12(16)10-15/h2-5,12,16H,6-10H2,1H3/t12-/m1/s1. The van der Waals surface area contributed by atoms with Gasteiger partial charge in [0.15, 0.2) is 0 Å². The summed E-state index contributed by atoms with van der Waals surface area (Å²) in [6, 6.07) is 7.76. The highest BCUT2D eigenvalue weighted by Crippen LogP contribution is 2.13. The third-order valence-electron chi connectivity index (χ3n) is 3.12. The van der Waals surface area contributed by atoms with E-state index >= 15 is 0 Å². The lowest BCUT2D eigenvalue weighted by atomic mass is 10.2. The highest BCUT2D eigenvalue weighted by molar-refractivity contribution is 5.76. The summed E-state index contributed by atoms with van der Waals surface area (Å²) in [5, 5.41) is 9.35. The first-order valence-corrected chi connectivity index (χ1v) is 6.30. The number of likely N-dealkylation sites (tertiary alicyclic amines) is 1. The molecule has 1 aromatic rings. The summed E-state index contributed by atoms with van der Waals surface area (Å²) in [5.41, 5.74) is 1.18. The Bertz CT molecular complexity index is 402. The minimum Gasteiger partial charge on any atom is -0.493 e. The molecule has 18 heavy (non-hydrogen) atoms. The van der Waals surface area contributed by atoms with E-state index in [1.807, 2.05) is 31.2 Å². The molecule has 98 valence electrons. The van der Waals surface area contributed by atoms with Crippen LogP contribution in [-0.2, 0) is 4.79 Å². The molecule has 0 unspecified atom stereocenters. The van der Waals surface area contributed by atoms with Gasteiger partial charge in [-0.2, -0.15) is 0 Å². The van der Waals surface area contributed by atoms with Gasteiger partial charge in [-0.1, -0.05) is 17.7 Å². The molecule has 1 N–H and O–H groups in total. The van der Waals surface area contributed by atoms with Gasteiger partial charge in [0.2, 0.25) is 5.91 Å². The highest BCUT2D eigenvalue weighted by Gasteiger charge is 2.23. The van der Waals surface area contributed by atoms with Crippen LogP contribution in [0.2, 0.25) is 0 Å². The monoisotopic (exact) mass is 249 g/mol. The minimum atomic E-state index is -0.355. The molecule has 0 spiro atoms. The van der Waals surface area contributed by atoms with Gasteiger partial charge in [-0.3, -0.25) is 4.79 Å². The zero-order valence-electron chi connectivity index (χ0n) is 10.6. The molecule has 1 aromatic carbocycles. The molecule has 0 saturated carbocycles. The van der Waals surface area contributed by atoms with Gasteiger partial charge < -0.3 is 14.7 Å². The SMILES string of the molecule is Cc1ccc(OCCC(=O)N2CC[C@@H](O)C2)cc1. The molecule has 0 aromatic heterocycles. The molecular weight excluding hydrogens is 230 g/mol. The Morgan fingerprint density at radius 2 is 2.17 bits per heavy atom. The van der Waals surface area contributed by atoms with E-state index in [0.29, 0.717) is 32.5 Å². The Balaban J connectivity index is 1.72. The smallest absolute Gasteiger partial charge is 0.226 e.